The van der Waals surface area contributed by atoms with Gasteiger partial charge in [0.15, 0.2) is 5.82 Å². The van der Waals surface area contributed by atoms with E-state index < -0.39 is 0 Å². The van der Waals surface area contributed by atoms with Crippen LogP contribution >= 0.6 is 11.6 Å². The second-order valence-electron chi connectivity index (χ2n) is 5.46. The topological polar surface area (TPSA) is 121 Å². The van der Waals surface area contributed by atoms with Crippen molar-refractivity contribution >= 4 is 28.9 Å². The fraction of sp³-hybridized carbons (Fsp3) is 0.125. The Morgan fingerprint density at radius 1 is 1.12 bits per heavy atom. The van der Waals surface area contributed by atoms with Gasteiger partial charge >= 0.3 is 0 Å². The molecule has 0 saturated carbocycles. The average molecular weight is 344 g/mol. The maximum atomic E-state index is 6.05. The smallest absolute Gasteiger partial charge is 0.165 e. The van der Waals surface area contributed by atoms with E-state index in [9.17, 15) is 0 Å². The Bertz CT molecular complexity index is 842. The highest BCUT2D eigenvalue weighted by molar-refractivity contribution is 6.30. The molecule has 0 bridgehead atoms. The summed E-state index contributed by atoms with van der Waals surface area (Å²) in [5, 5.41) is 5.10. The summed E-state index contributed by atoms with van der Waals surface area (Å²) in [7, 11) is 0. The van der Waals surface area contributed by atoms with Crippen molar-refractivity contribution in [2.75, 3.05) is 16.9 Å². The Balaban J connectivity index is 1.77. The summed E-state index contributed by atoms with van der Waals surface area (Å²) < 4.78 is 1.86. The zero-order valence-corrected chi connectivity index (χ0v) is 13.7. The molecule has 0 atom stereocenters. The number of rotatable bonds is 5. The minimum atomic E-state index is 0.362. The molecule has 0 unspecified atom stereocenters. The Morgan fingerprint density at radius 3 is 2.58 bits per heavy atom. The lowest BCUT2D eigenvalue weighted by atomic mass is 10.1. The number of pyridine rings is 1. The molecule has 7 nitrogen and oxygen atoms in total. The molecule has 0 aliphatic rings. The van der Waals surface area contributed by atoms with Crippen LogP contribution in [0.25, 0.3) is 0 Å². The second-order valence-corrected chi connectivity index (χ2v) is 5.90. The van der Waals surface area contributed by atoms with Gasteiger partial charge in [-0.2, -0.15) is 5.10 Å². The molecule has 0 saturated heterocycles. The SMILES string of the molecule is NNc1nc(N)cc(Cc2cnn(Cc3ccc(Cl)cc3)c2)c1N. The minimum absolute atomic E-state index is 0.362. The van der Waals surface area contributed by atoms with Crippen molar-refractivity contribution in [2.24, 2.45) is 5.84 Å². The molecule has 8 heteroatoms. The highest BCUT2D eigenvalue weighted by Gasteiger charge is 2.10. The second kappa shape index (κ2) is 6.77. The number of nitrogens with one attached hydrogen (secondary N) is 1. The van der Waals surface area contributed by atoms with E-state index in [-0.39, 0.29) is 0 Å². The third kappa shape index (κ3) is 3.58. The van der Waals surface area contributed by atoms with Crippen molar-refractivity contribution in [1.82, 2.24) is 14.8 Å². The van der Waals surface area contributed by atoms with Crippen LogP contribution in [0.5, 0.6) is 0 Å². The quantitative estimate of drug-likeness (QED) is 0.415. The number of nitrogens with zero attached hydrogens (tertiary/aromatic N) is 3. The molecule has 0 spiro atoms. The van der Waals surface area contributed by atoms with Gasteiger partial charge in [0.2, 0.25) is 0 Å². The zero-order chi connectivity index (χ0) is 17.1. The van der Waals surface area contributed by atoms with Crippen LogP contribution in [0.4, 0.5) is 17.3 Å². The molecule has 1 aromatic carbocycles. The molecular formula is C16H18ClN7. The Labute approximate surface area is 144 Å². The highest BCUT2D eigenvalue weighted by atomic mass is 35.5. The van der Waals surface area contributed by atoms with Crippen molar-refractivity contribution in [1.29, 1.82) is 0 Å². The standard InChI is InChI=1S/C16H18ClN7/c17-13-3-1-10(2-4-13)8-24-9-11(7-21-24)5-12-6-14(18)22-16(23-20)15(12)19/h1-4,6-7,9H,5,8,19-20H2,(H3,18,22,23). The summed E-state index contributed by atoms with van der Waals surface area (Å²) in [5.41, 5.74) is 17.8. The molecule has 0 amide bonds. The summed E-state index contributed by atoms with van der Waals surface area (Å²) in [5.74, 6) is 6.14. The van der Waals surface area contributed by atoms with E-state index in [1.807, 2.05) is 41.3 Å². The number of nitrogen functional groups attached to an aromatic ring is 3. The molecule has 2 aromatic heterocycles. The highest BCUT2D eigenvalue weighted by Crippen LogP contribution is 2.24. The van der Waals surface area contributed by atoms with E-state index in [4.69, 9.17) is 28.9 Å². The first kappa shape index (κ1) is 16.1. The predicted molar refractivity (Wildman–Crippen MR) is 96.5 cm³/mol. The molecule has 3 rings (SSSR count). The van der Waals surface area contributed by atoms with E-state index in [0.29, 0.717) is 30.3 Å². The largest absolute Gasteiger partial charge is 0.395 e. The third-order valence-electron chi connectivity index (χ3n) is 3.64. The Kier molecular flexibility index (Phi) is 4.54. The maximum Gasteiger partial charge on any atom is 0.165 e. The zero-order valence-electron chi connectivity index (χ0n) is 12.9. The molecule has 0 aliphatic heterocycles. The molecule has 7 N–H and O–H groups in total. The van der Waals surface area contributed by atoms with Gasteiger partial charge in [-0.25, -0.2) is 10.8 Å². The van der Waals surface area contributed by atoms with E-state index in [1.165, 1.54) is 0 Å². The monoisotopic (exact) mass is 343 g/mol. The van der Waals surface area contributed by atoms with Crippen molar-refractivity contribution < 1.29 is 0 Å². The summed E-state index contributed by atoms with van der Waals surface area (Å²) in [4.78, 5) is 4.05. The van der Waals surface area contributed by atoms with Crippen molar-refractivity contribution in [3.05, 3.63) is 64.4 Å². The maximum absolute atomic E-state index is 6.05. The van der Waals surface area contributed by atoms with Gasteiger partial charge in [0.25, 0.3) is 0 Å². The third-order valence-corrected chi connectivity index (χ3v) is 3.89. The summed E-state index contributed by atoms with van der Waals surface area (Å²) >= 11 is 5.90. The lowest BCUT2D eigenvalue weighted by Gasteiger charge is -2.10. The van der Waals surface area contributed by atoms with Crippen LogP contribution in [-0.2, 0) is 13.0 Å². The van der Waals surface area contributed by atoms with Gasteiger partial charge in [-0.05, 0) is 34.9 Å². The van der Waals surface area contributed by atoms with Crippen LogP contribution in [0.2, 0.25) is 5.02 Å². The molecule has 0 fully saturated rings. The van der Waals surface area contributed by atoms with Crippen molar-refractivity contribution in [2.45, 2.75) is 13.0 Å². The molecule has 0 aliphatic carbocycles. The number of nitrogens with two attached hydrogens (primary N) is 3. The van der Waals surface area contributed by atoms with Gasteiger partial charge in [-0.1, -0.05) is 23.7 Å². The minimum Gasteiger partial charge on any atom is -0.395 e. The lowest BCUT2D eigenvalue weighted by molar-refractivity contribution is 0.686. The molecule has 3 aromatic rings. The molecule has 2 heterocycles. The predicted octanol–water partition coefficient (Wildman–Crippen LogP) is 2.02. The normalized spacial score (nSPS) is 10.8. The number of aromatic nitrogens is 3. The van der Waals surface area contributed by atoms with Gasteiger partial charge in [0.1, 0.15) is 5.82 Å². The van der Waals surface area contributed by atoms with Crippen LogP contribution in [0, 0.1) is 0 Å². The van der Waals surface area contributed by atoms with Crippen LogP contribution in [0.1, 0.15) is 16.7 Å². The lowest BCUT2D eigenvalue weighted by Crippen LogP contribution is -2.13. The molecule has 0 radical (unpaired) electrons. The Hall–Kier alpha value is -2.77. The van der Waals surface area contributed by atoms with Gasteiger partial charge in [0.05, 0.1) is 18.4 Å². The summed E-state index contributed by atoms with van der Waals surface area (Å²) in [6.07, 6.45) is 4.37. The van der Waals surface area contributed by atoms with Gasteiger partial charge in [0, 0.05) is 17.6 Å². The Morgan fingerprint density at radius 2 is 1.88 bits per heavy atom. The number of hydrogen-bond acceptors (Lipinski definition) is 6. The van der Waals surface area contributed by atoms with Crippen molar-refractivity contribution in [3.63, 3.8) is 0 Å². The van der Waals surface area contributed by atoms with Crippen LogP contribution < -0.4 is 22.7 Å². The number of hydrogen-bond donors (Lipinski definition) is 4. The van der Waals surface area contributed by atoms with Crippen LogP contribution in [0.15, 0.2) is 42.7 Å². The number of benzene rings is 1. The number of halogens is 1. The first-order valence-corrected chi connectivity index (χ1v) is 7.70. The molecule has 24 heavy (non-hydrogen) atoms. The average Bonchev–Trinajstić information content (AvgIpc) is 3.00. The van der Waals surface area contributed by atoms with Gasteiger partial charge < -0.3 is 16.9 Å². The van der Waals surface area contributed by atoms with Gasteiger partial charge in [-0.15, -0.1) is 0 Å². The number of hydrazine groups is 1. The van der Waals surface area contributed by atoms with Gasteiger partial charge in [-0.3, -0.25) is 4.68 Å². The summed E-state index contributed by atoms with van der Waals surface area (Å²) in [6.45, 7) is 0.667. The molecular weight excluding hydrogens is 326 g/mol. The van der Waals surface area contributed by atoms with Crippen LogP contribution in [0.3, 0.4) is 0 Å². The first-order valence-electron chi connectivity index (χ1n) is 7.32. The fourth-order valence-electron chi connectivity index (χ4n) is 2.47. The van der Waals surface area contributed by atoms with E-state index in [2.05, 4.69) is 15.5 Å². The van der Waals surface area contributed by atoms with E-state index in [1.54, 1.807) is 6.07 Å². The van der Waals surface area contributed by atoms with Crippen LogP contribution in [-0.4, -0.2) is 14.8 Å². The van der Waals surface area contributed by atoms with Crippen molar-refractivity contribution in [3.8, 4) is 0 Å². The fourth-order valence-corrected chi connectivity index (χ4v) is 2.59. The van der Waals surface area contributed by atoms with E-state index >= 15 is 0 Å². The number of anilines is 3. The first-order chi connectivity index (χ1) is 11.5. The summed E-state index contributed by atoms with van der Waals surface area (Å²) in [6, 6.07) is 9.42. The van der Waals surface area contributed by atoms with E-state index in [0.717, 1.165) is 21.7 Å². The molecule has 124 valence electrons.